The molecule has 1 N–H and O–H groups in total. The van der Waals surface area contributed by atoms with Gasteiger partial charge in [0.15, 0.2) is 0 Å². The molecule has 166 valence electrons. The van der Waals surface area contributed by atoms with E-state index in [2.05, 4.69) is 10.3 Å². The number of carbonyl (C=O) groups is 1. The summed E-state index contributed by atoms with van der Waals surface area (Å²) in [5.74, 6) is 1.46. The second-order valence-corrected chi connectivity index (χ2v) is 9.95. The first-order valence-electron chi connectivity index (χ1n) is 9.70. The van der Waals surface area contributed by atoms with Gasteiger partial charge in [0.05, 0.1) is 23.4 Å². The van der Waals surface area contributed by atoms with E-state index in [0.717, 1.165) is 21.2 Å². The van der Waals surface area contributed by atoms with Crippen LogP contribution in [0.1, 0.15) is 12.7 Å². The topological polar surface area (TPSA) is 93.5 Å². The molecule has 0 fully saturated rings. The summed E-state index contributed by atoms with van der Waals surface area (Å²) < 4.78 is 33.9. The number of carbonyl (C=O) groups excluding carboxylic acids is 1. The Labute approximate surface area is 186 Å². The molecule has 0 atom stereocenters. The first-order valence-corrected chi connectivity index (χ1v) is 12.5. The van der Waals surface area contributed by atoms with Crippen LogP contribution in [0.4, 0.5) is 5.69 Å². The van der Waals surface area contributed by atoms with Gasteiger partial charge < -0.3 is 14.6 Å². The molecule has 1 heterocycles. The molecule has 3 rings (SSSR count). The van der Waals surface area contributed by atoms with E-state index < -0.39 is 10.0 Å². The molecule has 0 aliphatic heterocycles. The molecular weight excluding hydrogens is 436 g/mol. The van der Waals surface area contributed by atoms with Gasteiger partial charge in [-0.3, -0.25) is 4.79 Å². The monoisotopic (exact) mass is 462 g/mol. The number of aromatic nitrogens is 2. The van der Waals surface area contributed by atoms with Crippen LogP contribution in [0.15, 0.2) is 47.4 Å². The summed E-state index contributed by atoms with van der Waals surface area (Å²) in [6, 6.07) is 12.3. The number of imidazole rings is 1. The number of hydrogen-bond donors (Lipinski definition) is 1. The number of nitrogens with zero attached hydrogens (tertiary/aromatic N) is 3. The lowest BCUT2D eigenvalue weighted by Crippen LogP contribution is -2.24. The Bertz CT molecular complexity index is 1190. The fourth-order valence-electron chi connectivity index (χ4n) is 3.14. The number of anilines is 1. The van der Waals surface area contributed by atoms with Crippen molar-refractivity contribution in [2.24, 2.45) is 0 Å². The summed E-state index contributed by atoms with van der Waals surface area (Å²) in [6.45, 7) is 2.18. The highest BCUT2D eigenvalue weighted by molar-refractivity contribution is 7.97. The van der Waals surface area contributed by atoms with Crippen LogP contribution < -0.4 is 10.1 Å². The zero-order valence-corrected chi connectivity index (χ0v) is 19.6. The molecule has 0 unspecified atom stereocenters. The Hall–Kier alpha value is -2.56. The second kappa shape index (κ2) is 9.71. The highest BCUT2D eigenvalue weighted by atomic mass is 32.2. The fraction of sp³-hybridized carbons (Fsp3) is 0.333. The smallest absolute Gasteiger partial charge is 0.246 e. The number of amides is 1. The highest BCUT2D eigenvalue weighted by Crippen LogP contribution is 2.29. The predicted molar refractivity (Wildman–Crippen MR) is 124 cm³/mol. The van der Waals surface area contributed by atoms with Gasteiger partial charge in [0, 0.05) is 19.8 Å². The molecule has 10 heteroatoms. The Morgan fingerprint density at radius 3 is 2.65 bits per heavy atom. The first-order chi connectivity index (χ1) is 14.8. The third-order valence-corrected chi connectivity index (χ3v) is 6.98. The van der Waals surface area contributed by atoms with Crippen molar-refractivity contribution in [2.75, 3.05) is 32.3 Å². The minimum Gasteiger partial charge on any atom is -0.492 e. The van der Waals surface area contributed by atoms with E-state index in [9.17, 15) is 13.2 Å². The summed E-state index contributed by atoms with van der Waals surface area (Å²) in [7, 11) is -0.838. The van der Waals surface area contributed by atoms with Gasteiger partial charge in [-0.25, -0.2) is 17.7 Å². The molecule has 0 saturated heterocycles. The minimum atomic E-state index is -3.74. The largest absolute Gasteiger partial charge is 0.492 e. The Morgan fingerprint density at radius 1 is 1.23 bits per heavy atom. The predicted octanol–water partition coefficient (Wildman–Crippen LogP) is 3.19. The maximum absolute atomic E-state index is 12.8. The van der Waals surface area contributed by atoms with Gasteiger partial charge >= 0.3 is 0 Å². The third kappa shape index (κ3) is 5.03. The lowest BCUT2D eigenvalue weighted by Gasteiger charge is -2.17. The van der Waals surface area contributed by atoms with Crippen LogP contribution in [-0.4, -0.2) is 55.1 Å². The van der Waals surface area contributed by atoms with Crippen LogP contribution in [0.2, 0.25) is 0 Å². The molecule has 2 aromatic carbocycles. The van der Waals surface area contributed by atoms with Crippen molar-refractivity contribution in [3.05, 3.63) is 48.3 Å². The minimum absolute atomic E-state index is 0.00769. The van der Waals surface area contributed by atoms with E-state index in [0.29, 0.717) is 18.0 Å². The number of hydrogen-bond acceptors (Lipinski definition) is 6. The molecule has 0 spiro atoms. The molecule has 0 radical (unpaired) electrons. The van der Waals surface area contributed by atoms with Crippen molar-refractivity contribution < 1.29 is 17.9 Å². The van der Waals surface area contributed by atoms with Crippen LogP contribution in [-0.2, 0) is 27.1 Å². The summed E-state index contributed by atoms with van der Waals surface area (Å²) >= 11 is 1.63. The summed E-state index contributed by atoms with van der Waals surface area (Å²) in [6.07, 6.45) is 1.98. The van der Waals surface area contributed by atoms with Gasteiger partial charge in [0.1, 0.15) is 23.0 Å². The summed E-state index contributed by atoms with van der Waals surface area (Å²) in [4.78, 5) is 17.5. The second-order valence-electron chi connectivity index (χ2n) is 6.97. The zero-order valence-electron chi connectivity index (χ0n) is 18.0. The lowest BCUT2D eigenvalue weighted by atomic mass is 10.3. The quantitative estimate of drug-likeness (QED) is 0.525. The van der Waals surface area contributed by atoms with Crippen LogP contribution in [0.25, 0.3) is 11.0 Å². The fourth-order valence-corrected chi connectivity index (χ4v) is 4.67. The van der Waals surface area contributed by atoms with E-state index in [1.54, 1.807) is 30.8 Å². The molecule has 1 aromatic heterocycles. The molecule has 8 nitrogen and oxygen atoms in total. The Balaban J connectivity index is 1.89. The molecule has 0 bridgehead atoms. The van der Waals surface area contributed by atoms with Crippen LogP contribution >= 0.6 is 11.8 Å². The number of para-hydroxylation sites is 2. The number of thioether (sulfide) groups is 1. The molecule has 3 aromatic rings. The molecule has 0 aliphatic carbocycles. The van der Waals surface area contributed by atoms with Crippen LogP contribution in [0, 0.1) is 0 Å². The molecular formula is C21H26N4O4S2. The number of nitrogens with one attached hydrogen (secondary N) is 1. The van der Waals surface area contributed by atoms with Crippen molar-refractivity contribution in [3.8, 4) is 5.75 Å². The number of ether oxygens (including phenoxy) is 1. The number of fused-ring (bicyclic) bond motifs is 1. The average molecular weight is 463 g/mol. The maximum Gasteiger partial charge on any atom is 0.246 e. The van der Waals surface area contributed by atoms with Crippen molar-refractivity contribution in [1.82, 2.24) is 13.9 Å². The molecule has 0 aliphatic rings. The molecule has 1 amide bonds. The summed E-state index contributed by atoms with van der Waals surface area (Å²) in [5, 5.41) is 2.80. The van der Waals surface area contributed by atoms with E-state index in [1.807, 2.05) is 35.1 Å². The van der Waals surface area contributed by atoms with Crippen LogP contribution in [0.5, 0.6) is 5.75 Å². The van der Waals surface area contributed by atoms with E-state index in [4.69, 9.17) is 4.74 Å². The lowest BCUT2D eigenvalue weighted by molar-refractivity contribution is -0.116. The van der Waals surface area contributed by atoms with Crippen molar-refractivity contribution in [2.45, 2.75) is 24.1 Å². The van der Waals surface area contributed by atoms with Crippen LogP contribution in [0.3, 0.4) is 0 Å². The van der Waals surface area contributed by atoms with Gasteiger partial charge in [0.25, 0.3) is 0 Å². The van der Waals surface area contributed by atoms with E-state index >= 15 is 0 Å². The van der Waals surface area contributed by atoms with Gasteiger partial charge in [-0.2, -0.15) is 11.8 Å². The Kier molecular flexibility index (Phi) is 7.24. The van der Waals surface area contributed by atoms with Gasteiger partial charge in [-0.05, 0) is 43.5 Å². The van der Waals surface area contributed by atoms with Gasteiger partial charge in [-0.15, -0.1) is 0 Å². The summed E-state index contributed by atoms with van der Waals surface area (Å²) in [5.41, 5.74) is 2.09. The van der Waals surface area contributed by atoms with Crippen molar-refractivity contribution >= 4 is 44.4 Å². The first kappa shape index (κ1) is 23.1. The number of rotatable bonds is 9. The SMILES string of the molecule is CCOc1ccc(NC(=O)Cn2c(CSC)nc3ccccc32)cc1S(=O)(=O)N(C)C. The zero-order chi connectivity index (χ0) is 22.6. The Morgan fingerprint density at radius 2 is 1.97 bits per heavy atom. The number of benzene rings is 2. The van der Waals surface area contributed by atoms with Crippen molar-refractivity contribution in [1.29, 1.82) is 0 Å². The average Bonchev–Trinajstić information content (AvgIpc) is 3.06. The van der Waals surface area contributed by atoms with E-state index in [1.165, 1.54) is 20.2 Å². The third-order valence-electron chi connectivity index (χ3n) is 4.59. The maximum atomic E-state index is 12.8. The standard InChI is InChI=1S/C21H26N4O4S2/c1-5-29-18-11-10-15(12-19(18)31(27,28)24(2)3)22-21(26)13-25-17-9-7-6-8-16(17)23-20(25)14-30-4/h6-12H,5,13-14H2,1-4H3,(H,22,26). The normalized spacial score (nSPS) is 11.8. The molecule has 0 saturated carbocycles. The van der Waals surface area contributed by atoms with Crippen molar-refractivity contribution in [3.63, 3.8) is 0 Å². The highest BCUT2D eigenvalue weighted by Gasteiger charge is 2.23. The van der Waals surface area contributed by atoms with Gasteiger partial charge in [0.2, 0.25) is 15.9 Å². The molecule has 31 heavy (non-hydrogen) atoms. The number of sulfonamides is 1. The van der Waals surface area contributed by atoms with E-state index in [-0.39, 0.29) is 23.1 Å². The van der Waals surface area contributed by atoms with Gasteiger partial charge in [-0.1, -0.05) is 12.1 Å².